The zero-order valence-corrected chi connectivity index (χ0v) is 21.5. The lowest BCUT2D eigenvalue weighted by atomic mass is 10.0. The van der Waals surface area contributed by atoms with Crippen LogP contribution in [0.2, 0.25) is 10.0 Å². The van der Waals surface area contributed by atoms with Crippen LogP contribution in [0.5, 0.6) is 5.75 Å². The Morgan fingerprint density at radius 1 is 1.19 bits per heavy atom. The summed E-state index contributed by atoms with van der Waals surface area (Å²) < 4.78 is 20.7. The van der Waals surface area contributed by atoms with Gasteiger partial charge in [0.05, 0.1) is 24.5 Å². The summed E-state index contributed by atoms with van der Waals surface area (Å²) in [5, 5.41) is 4.52. The van der Waals surface area contributed by atoms with E-state index < -0.39 is 5.79 Å². The summed E-state index contributed by atoms with van der Waals surface area (Å²) in [5.41, 5.74) is 7.78. The quantitative estimate of drug-likeness (QED) is 0.437. The van der Waals surface area contributed by atoms with Crippen molar-refractivity contribution in [1.29, 1.82) is 0 Å². The second-order valence-corrected chi connectivity index (χ2v) is 9.93. The third kappa shape index (κ3) is 5.70. The average Bonchev–Trinajstić information content (AvgIpc) is 3.54. The van der Waals surface area contributed by atoms with Gasteiger partial charge in [0.25, 0.3) is 0 Å². The zero-order chi connectivity index (χ0) is 25.0. The Hall–Kier alpha value is -2.17. The molecule has 0 amide bonds. The van der Waals surface area contributed by atoms with Crippen molar-refractivity contribution in [1.82, 2.24) is 19.8 Å². The van der Waals surface area contributed by atoms with E-state index in [0.29, 0.717) is 42.4 Å². The van der Waals surface area contributed by atoms with Gasteiger partial charge in [0.1, 0.15) is 18.5 Å². The van der Waals surface area contributed by atoms with Crippen LogP contribution in [0.4, 0.5) is 0 Å². The smallest absolute Gasteiger partial charge is 0.215 e. The van der Waals surface area contributed by atoms with E-state index in [2.05, 4.69) is 27.3 Å². The number of aromatic nitrogens is 2. The van der Waals surface area contributed by atoms with Crippen LogP contribution in [0.1, 0.15) is 17.2 Å². The number of rotatable bonds is 9. The monoisotopic (exact) mass is 531 g/mol. The van der Waals surface area contributed by atoms with Crippen LogP contribution >= 0.6 is 23.2 Å². The Morgan fingerprint density at radius 3 is 2.81 bits per heavy atom. The van der Waals surface area contributed by atoms with Crippen LogP contribution in [0.3, 0.4) is 0 Å². The SMILES string of the molecule is NCCN1CCNCC1c1ccc(OCC2COC(Cn3ccnc3)(c3ccc(Cl)cc3Cl)O2)cc1. The van der Waals surface area contributed by atoms with E-state index >= 15 is 0 Å². The Balaban J connectivity index is 1.25. The minimum Gasteiger partial charge on any atom is -0.491 e. The third-order valence-electron chi connectivity index (χ3n) is 6.62. The van der Waals surface area contributed by atoms with Crippen molar-refractivity contribution in [2.45, 2.75) is 24.5 Å². The molecule has 2 fully saturated rings. The molecule has 0 aliphatic carbocycles. The molecule has 3 aromatic rings. The van der Waals surface area contributed by atoms with E-state index in [1.807, 2.05) is 29.0 Å². The number of nitrogens with one attached hydrogen (secondary N) is 1. The standard InChI is InChI=1S/C26H31Cl2N5O3/c27-20-3-6-23(24(28)13-20)26(17-32-11-8-31-18-32)35-16-22(36-26)15-34-21-4-1-19(2-5-21)25-14-30-9-12-33(25)10-7-29/h1-6,8,11,13,18,22,25,30H,7,9-10,12,14-17,29H2. The van der Waals surface area contributed by atoms with Gasteiger partial charge in [-0.2, -0.15) is 0 Å². The van der Waals surface area contributed by atoms with Crippen LogP contribution in [-0.2, 0) is 21.8 Å². The van der Waals surface area contributed by atoms with Crippen molar-refractivity contribution in [3.05, 3.63) is 82.4 Å². The van der Waals surface area contributed by atoms with E-state index in [1.165, 1.54) is 5.56 Å². The first-order valence-corrected chi connectivity index (χ1v) is 12.9. The van der Waals surface area contributed by atoms with Gasteiger partial charge < -0.3 is 29.8 Å². The Bertz CT molecular complexity index is 1130. The first kappa shape index (κ1) is 25.5. The molecule has 1 aromatic heterocycles. The van der Waals surface area contributed by atoms with Crippen LogP contribution in [0.15, 0.2) is 61.2 Å². The van der Waals surface area contributed by atoms with Gasteiger partial charge in [-0.25, -0.2) is 4.98 Å². The fraction of sp³-hybridized carbons (Fsp3) is 0.423. The van der Waals surface area contributed by atoms with E-state index in [-0.39, 0.29) is 6.10 Å². The highest BCUT2D eigenvalue weighted by atomic mass is 35.5. The number of piperazine rings is 1. The maximum Gasteiger partial charge on any atom is 0.215 e. The summed E-state index contributed by atoms with van der Waals surface area (Å²) in [6.45, 7) is 5.57. The van der Waals surface area contributed by atoms with E-state index in [9.17, 15) is 0 Å². The number of nitrogens with two attached hydrogens (primary N) is 1. The molecular formula is C26H31Cl2N5O3. The molecule has 2 aliphatic heterocycles. The molecule has 8 nitrogen and oxygen atoms in total. The number of imidazole rings is 1. The first-order valence-electron chi connectivity index (χ1n) is 12.2. The Kier molecular flexibility index (Phi) is 8.12. The summed E-state index contributed by atoms with van der Waals surface area (Å²) >= 11 is 12.7. The van der Waals surface area contributed by atoms with Crippen LogP contribution in [0.25, 0.3) is 0 Å². The Morgan fingerprint density at radius 2 is 2.06 bits per heavy atom. The third-order valence-corrected chi connectivity index (χ3v) is 7.17. The lowest BCUT2D eigenvalue weighted by Gasteiger charge is -2.36. The summed E-state index contributed by atoms with van der Waals surface area (Å²) in [6, 6.07) is 13.9. The lowest BCUT2D eigenvalue weighted by Crippen LogP contribution is -2.47. The van der Waals surface area contributed by atoms with E-state index in [4.69, 9.17) is 43.1 Å². The normalized spacial score (nSPS) is 24.8. The second-order valence-electron chi connectivity index (χ2n) is 9.09. The van der Waals surface area contributed by atoms with Crippen molar-refractivity contribution < 1.29 is 14.2 Å². The van der Waals surface area contributed by atoms with Crippen molar-refractivity contribution in [3.63, 3.8) is 0 Å². The molecule has 0 radical (unpaired) electrons. The molecule has 0 bridgehead atoms. The topological polar surface area (TPSA) is 86.8 Å². The fourth-order valence-electron chi connectivity index (χ4n) is 4.86. The fourth-order valence-corrected chi connectivity index (χ4v) is 5.41. The summed E-state index contributed by atoms with van der Waals surface area (Å²) in [4.78, 5) is 6.56. The van der Waals surface area contributed by atoms with Gasteiger partial charge in [0, 0.05) is 61.7 Å². The van der Waals surface area contributed by atoms with Gasteiger partial charge in [-0.1, -0.05) is 41.4 Å². The van der Waals surface area contributed by atoms with Crippen molar-refractivity contribution in [3.8, 4) is 5.75 Å². The molecule has 2 aromatic carbocycles. The molecule has 0 spiro atoms. The molecule has 192 valence electrons. The minimum absolute atomic E-state index is 0.275. The highest BCUT2D eigenvalue weighted by molar-refractivity contribution is 6.35. The maximum atomic E-state index is 6.55. The highest BCUT2D eigenvalue weighted by Gasteiger charge is 2.45. The summed E-state index contributed by atoms with van der Waals surface area (Å²) in [5.74, 6) is -0.283. The molecule has 5 rings (SSSR count). The van der Waals surface area contributed by atoms with Crippen molar-refractivity contribution in [2.75, 3.05) is 45.9 Å². The van der Waals surface area contributed by atoms with Gasteiger partial charge in [0.15, 0.2) is 0 Å². The summed E-state index contributed by atoms with van der Waals surface area (Å²) in [7, 11) is 0. The molecule has 2 aliphatic rings. The molecule has 3 atom stereocenters. The highest BCUT2D eigenvalue weighted by Crippen LogP contribution is 2.40. The number of benzene rings is 2. The number of nitrogens with zero attached hydrogens (tertiary/aromatic N) is 3. The summed E-state index contributed by atoms with van der Waals surface area (Å²) in [6.07, 6.45) is 5.03. The van der Waals surface area contributed by atoms with Gasteiger partial charge in [-0.15, -0.1) is 0 Å². The molecule has 3 N–H and O–H groups in total. The number of ether oxygens (including phenoxy) is 3. The van der Waals surface area contributed by atoms with Crippen molar-refractivity contribution >= 4 is 23.2 Å². The first-order chi connectivity index (χ1) is 17.6. The lowest BCUT2D eigenvalue weighted by molar-refractivity contribution is -0.189. The minimum atomic E-state index is -1.07. The number of hydrogen-bond acceptors (Lipinski definition) is 7. The number of halogens is 2. The van der Waals surface area contributed by atoms with Gasteiger partial charge >= 0.3 is 0 Å². The van der Waals surface area contributed by atoms with Crippen molar-refractivity contribution in [2.24, 2.45) is 5.73 Å². The van der Waals surface area contributed by atoms with E-state index in [1.54, 1.807) is 24.7 Å². The predicted octanol–water partition coefficient (Wildman–Crippen LogP) is 3.44. The Labute approximate surface area is 221 Å². The predicted molar refractivity (Wildman–Crippen MR) is 139 cm³/mol. The molecule has 10 heteroatoms. The van der Waals surface area contributed by atoms with Gasteiger partial charge in [0.2, 0.25) is 5.79 Å². The molecule has 36 heavy (non-hydrogen) atoms. The molecular weight excluding hydrogens is 501 g/mol. The number of hydrogen-bond donors (Lipinski definition) is 2. The van der Waals surface area contributed by atoms with E-state index in [0.717, 1.165) is 37.5 Å². The second kappa shape index (κ2) is 11.5. The zero-order valence-electron chi connectivity index (χ0n) is 20.0. The van der Waals surface area contributed by atoms with Gasteiger partial charge in [-0.05, 0) is 29.8 Å². The molecule has 3 heterocycles. The van der Waals surface area contributed by atoms with Crippen LogP contribution in [-0.4, -0.2) is 66.5 Å². The van der Waals surface area contributed by atoms with Crippen LogP contribution in [0, 0.1) is 0 Å². The largest absolute Gasteiger partial charge is 0.491 e. The molecule has 2 saturated heterocycles. The van der Waals surface area contributed by atoms with Gasteiger partial charge in [-0.3, -0.25) is 4.90 Å². The average molecular weight is 532 g/mol. The maximum absolute atomic E-state index is 6.55. The molecule has 0 saturated carbocycles. The van der Waals surface area contributed by atoms with Crippen LogP contribution < -0.4 is 15.8 Å². The molecule has 3 unspecified atom stereocenters.